The van der Waals surface area contributed by atoms with E-state index >= 15 is 0 Å². The Labute approximate surface area is 103 Å². The third-order valence-electron chi connectivity index (χ3n) is 3.67. The van der Waals surface area contributed by atoms with Gasteiger partial charge in [0.05, 0.1) is 0 Å². The molecule has 2 rings (SSSR count). The second kappa shape index (κ2) is 4.96. The summed E-state index contributed by atoms with van der Waals surface area (Å²) in [6.07, 6.45) is 3.36. The highest BCUT2D eigenvalue weighted by molar-refractivity contribution is 5.46. The molecule has 3 heteroatoms. The van der Waals surface area contributed by atoms with Crippen molar-refractivity contribution in [1.29, 1.82) is 0 Å². The summed E-state index contributed by atoms with van der Waals surface area (Å²) in [6.45, 7) is 6.38. The van der Waals surface area contributed by atoms with E-state index in [2.05, 4.69) is 18.7 Å². The summed E-state index contributed by atoms with van der Waals surface area (Å²) in [5.74, 6) is -0.00690. The number of nitrogens with zero attached hydrogens (tertiary/aromatic N) is 1. The van der Waals surface area contributed by atoms with Crippen LogP contribution in [0.2, 0.25) is 0 Å². The molecule has 0 aliphatic carbocycles. The Hall–Kier alpha value is -1.22. The van der Waals surface area contributed by atoms with Crippen LogP contribution in [0.3, 0.4) is 0 Å². The lowest BCUT2D eigenvalue weighted by molar-refractivity contribution is 0.181. The molecule has 0 saturated carbocycles. The van der Waals surface area contributed by atoms with E-state index in [1.807, 2.05) is 0 Å². The molecular weight excluding hydrogens is 214 g/mol. The summed E-state index contributed by atoms with van der Waals surface area (Å²) >= 11 is 0. The Bertz CT molecular complexity index is 403. The van der Waals surface area contributed by atoms with E-state index in [-0.39, 0.29) is 11.5 Å². The van der Waals surface area contributed by atoms with Crippen molar-refractivity contribution in [1.82, 2.24) is 4.90 Å². The molecule has 0 bridgehead atoms. The lowest BCUT2D eigenvalue weighted by Gasteiger charge is -2.33. The molecule has 1 aliphatic rings. The van der Waals surface area contributed by atoms with Gasteiger partial charge in [-0.05, 0) is 43.0 Å². The van der Waals surface area contributed by atoms with Crippen molar-refractivity contribution in [2.45, 2.75) is 45.7 Å². The van der Waals surface area contributed by atoms with Gasteiger partial charge in [0.15, 0.2) is 11.5 Å². The lowest BCUT2D eigenvalue weighted by Crippen LogP contribution is -2.37. The topological polar surface area (TPSA) is 43.7 Å². The molecule has 3 nitrogen and oxygen atoms in total. The smallest absolute Gasteiger partial charge is 0.157 e. The fourth-order valence-electron chi connectivity index (χ4n) is 2.58. The third kappa shape index (κ3) is 2.55. The molecule has 17 heavy (non-hydrogen) atoms. The SMILES string of the molecule is CCCC(C)N1CCc2cc(O)c(O)cc2C1. The van der Waals surface area contributed by atoms with Crippen LogP contribution in [0.5, 0.6) is 11.5 Å². The Morgan fingerprint density at radius 1 is 1.24 bits per heavy atom. The van der Waals surface area contributed by atoms with E-state index in [4.69, 9.17) is 0 Å². The molecule has 1 unspecified atom stereocenters. The first-order valence-electron chi connectivity index (χ1n) is 6.39. The normalized spacial score (nSPS) is 17.8. The maximum absolute atomic E-state index is 9.53. The van der Waals surface area contributed by atoms with Gasteiger partial charge < -0.3 is 10.2 Å². The van der Waals surface area contributed by atoms with Crippen LogP contribution in [0, 0.1) is 0 Å². The van der Waals surface area contributed by atoms with Crippen LogP contribution >= 0.6 is 0 Å². The molecule has 1 atom stereocenters. The van der Waals surface area contributed by atoms with Crippen LogP contribution < -0.4 is 0 Å². The molecule has 0 spiro atoms. The van der Waals surface area contributed by atoms with Gasteiger partial charge in [0.1, 0.15) is 0 Å². The van der Waals surface area contributed by atoms with Gasteiger partial charge >= 0.3 is 0 Å². The Balaban J connectivity index is 2.15. The number of phenolic OH excluding ortho intramolecular Hbond substituents is 2. The molecule has 1 aliphatic heterocycles. The first-order chi connectivity index (χ1) is 8.11. The van der Waals surface area contributed by atoms with Crippen LogP contribution in [-0.2, 0) is 13.0 Å². The van der Waals surface area contributed by atoms with Crippen molar-refractivity contribution >= 4 is 0 Å². The van der Waals surface area contributed by atoms with E-state index in [9.17, 15) is 10.2 Å². The van der Waals surface area contributed by atoms with Crippen molar-refractivity contribution in [3.63, 3.8) is 0 Å². The number of hydrogen-bond donors (Lipinski definition) is 2. The highest BCUT2D eigenvalue weighted by Crippen LogP contribution is 2.32. The van der Waals surface area contributed by atoms with Gasteiger partial charge in [-0.2, -0.15) is 0 Å². The van der Waals surface area contributed by atoms with E-state index in [1.165, 1.54) is 18.4 Å². The predicted octanol–water partition coefficient (Wildman–Crippen LogP) is 2.64. The summed E-state index contributed by atoms with van der Waals surface area (Å²) in [5.41, 5.74) is 2.31. The van der Waals surface area contributed by atoms with Crippen molar-refractivity contribution < 1.29 is 10.2 Å². The van der Waals surface area contributed by atoms with Crippen molar-refractivity contribution in [3.05, 3.63) is 23.3 Å². The summed E-state index contributed by atoms with van der Waals surface area (Å²) in [5, 5.41) is 19.0. The largest absolute Gasteiger partial charge is 0.504 e. The van der Waals surface area contributed by atoms with Gasteiger partial charge in [0.25, 0.3) is 0 Å². The van der Waals surface area contributed by atoms with Gasteiger partial charge in [0.2, 0.25) is 0 Å². The minimum absolute atomic E-state index is 0.00110. The average Bonchev–Trinajstić information content (AvgIpc) is 2.30. The Kier molecular flexibility index (Phi) is 3.57. The summed E-state index contributed by atoms with van der Waals surface area (Å²) in [7, 11) is 0. The zero-order valence-corrected chi connectivity index (χ0v) is 10.6. The molecule has 1 heterocycles. The first-order valence-corrected chi connectivity index (χ1v) is 6.39. The molecule has 0 saturated heterocycles. The molecule has 2 N–H and O–H groups in total. The standard InChI is InChI=1S/C14H21NO2/c1-3-4-10(2)15-6-5-11-7-13(16)14(17)8-12(11)9-15/h7-8,10,16-17H,3-6,9H2,1-2H3. The monoisotopic (exact) mass is 235 g/mol. The Morgan fingerprint density at radius 2 is 1.88 bits per heavy atom. The lowest BCUT2D eigenvalue weighted by atomic mass is 9.97. The minimum Gasteiger partial charge on any atom is -0.504 e. The molecule has 1 aromatic carbocycles. The highest BCUT2D eigenvalue weighted by atomic mass is 16.3. The van der Waals surface area contributed by atoms with E-state index < -0.39 is 0 Å². The molecular formula is C14H21NO2. The van der Waals surface area contributed by atoms with Gasteiger partial charge in [-0.25, -0.2) is 0 Å². The predicted molar refractivity (Wildman–Crippen MR) is 68.3 cm³/mol. The van der Waals surface area contributed by atoms with Gasteiger partial charge in [-0.3, -0.25) is 4.90 Å². The van der Waals surface area contributed by atoms with Gasteiger partial charge in [0, 0.05) is 19.1 Å². The average molecular weight is 235 g/mol. The minimum atomic E-state index is -0.00579. The van der Waals surface area contributed by atoms with E-state index in [0.717, 1.165) is 25.1 Å². The number of phenols is 2. The Morgan fingerprint density at radius 3 is 2.53 bits per heavy atom. The van der Waals surface area contributed by atoms with Crippen LogP contribution in [0.25, 0.3) is 0 Å². The number of benzene rings is 1. The molecule has 1 aromatic rings. The van der Waals surface area contributed by atoms with Crippen LogP contribution in [0.1, 0.15) is 37.8 Å². The quantitative estimate of drug-likeness (QED) is 0.792. The van der Waals surface area contributed by atoms with Crippen LogP contribution in [0.15, 0.2) is 12.1 Å². The second-order valence-electron chi connectivity index (χ2n) is 4.97. The summed E-state index contributed by atoms with van der Waals surface area (Å²) in [4.78, 5) is 2.45. The fraction of sp³-hybridized carbons (Fsp3) is 0.571. The van der Waals surface area contributed by atoms with Crippen molar-refractivity contribution in [2.24, 2.45) is 0 Å². The van der Waals surface area contributed by atoms with E-state index in [1.54, 1.807) is 12.1 Å². The number of hydrogen-bond acceptors (Lipinski definition) is 3. The maximum atomic E-state index is 9.53. The fourth-order valence-corrected chi connectivity index (χ4v) is 2.58. The molecule has 0 amide bonds. The number of aromatic hydroxyl groups is 2. The van der Waals surface area contributed by atoms with Crippen molar-refractivity contribution in [2.75, 3.05) is 6.54 Å². The van der Waals surface area contributed by atoms with Crippen LogP contribution in [-0.4, -0.2) is 27.7 Å². The van der Waals surface area contributed by atoms with Crippen LogP contribution in [0.4, 0.5) is 0 Å². The van der Waals surface area contributed by atoms with Gasteiger partial charge in [-0.1, -0.05) is 13.3 Å². The third-order valence-corrected chi connectivity index (χ3v) is 3.67. The first kappa shape index (κ1) is 12.2. The van der Waals surface area contributed by atoms with Gasteiger partial charge in [-0.15, -0.1) is 0 Å². The summed E-state index contributed by atoms with van der Waals surface area (Å²) in [6, 6.07) is 3.99. The zero-order chi connectivity index (χ0) is 12.4. The molecule has 0 aromatic heterocycles. The highest BCUT2D eigenvalue weighted by Gasteiger charge is 2.21. The summed E-state index contributed by atoms with van der Waals surface area (Å²) < 4.78 is 0. The van der Waals surface area contributed by atoms with Crippen molar-refractivity contribution in [3.8, 4) is 11.5 Å². The second-order valence-corrected chi connectivity index (χ2v) is 4.97. The van der Waals surface area contributed by atoms with E-state index in [0.29, 0.717) is 6.04 Å². The maximum Gasteiger partial charge on any atom is 0.157 e. The molecule has 94 valence electrons. The number of fused-ring (bicyclic) bond motifs is 1. The molecule has 0 fully saturated rings. The zero-order valence-electron chi connectivity index (χ0n) is 10.6. The number of rotatable bonds is 3. The molecule has 0 radical (unpaired) electrons.